The zero-order valence-electron chi connectivity index (χ0n) is 18.1. The van der Waals surface area contributed by atoms with Crippen molar-refractivity contribution in [2.75, 3.05) is 25.8 Å². The van der Waals surface area contributed by atoms with Crippen molar-refractivity contribution in [1.29, 1.82) is 0 Å². The molecule has 1 aliphatic heterocycles. The number of unbranched alkanes of at least 4 members (excludes halogenated alkanes) is 10. The van der Waals surface area contributed by atoms with Crippen molar-refractivity contribution in [2.45, 2.75) is 84.0 Å². The van der Waals surface area contributed by atoms with Gasteiger partial charge in [-0.1, -0.05) is 71.1 Å². The Morgan fingerprint density at radius 2 is 1.54 bits per heavy atom. The van der Waals surface area contributed by atoms with E-state index in [1.54, 1.807) is 14.2 Å². The van der Waals surface area contributed by atoms with Crippen molar-refractivity contribution in [2.24, 2.45) is 5.10 Å². The van der Waals surface area contributed by atoms with Gasteiger partial charge in [0.15, 0.2) is 0 Å². The summed E-state index contributed by atoms with van der Waals surface area (Å²) in [4.78, 5) is 2.19. The van der Waals surface area contributed by atoms with Crippen LogP contribution in [-0.2, 0) is 0 Å². The molecule has 0 fully saturated rings. The van der Waals surface area contributed by atoms with Gasteiger partial charge in [-0.25, -0.2) is 0 Å². The predicted molar refractivity (Wildman–Crippen MR) is 119 cm³/mol. The van der Waals surface area contributed by atoms with Crippen LogP contribution in [0.1, 0.15) is 84.0 Å². The molecule has 0 radical (unpaired) electrons. The molecule has 5 nitrogen and oxygen atoms in total. The highest BCUT2D eigenvalue weighted by Crippen LogP contribution is 2.33. The third-order valence-electron chi connectivity index (χ3n) is 5.43. The normalized spacial score (nSPS) is 13.4. The van der Waals surface area contributed by atoms with Crippen LogP contribution in [0.4, 0.5) is 5.69 Å². The van der Waals surface area contributed by atoms with Crippen molar-refractivity contribution in [3.8, 4) is 11.5 Å². The van der Waals surface area contributed by atoms with Gasteiger partial charge in [0.25, 0.3) is 0 Å². The van der Waals surface area contributed by atoms with E-state index in [0.717, 1.165) is 29.4 Å². The molecule has 0 saturated carbocycles. The highest BCUT2D eigenvalue weighted by atomic mass is 16.5. The van der Waals surface area contributed by atoms with Gasteiger partial charge < -0.3 is 14.4 Å². The summed E-state index contributed by atoms with van der Waals surface area (Å²) in [6.45, 7) is 2.95. The lowest BCUT2D eigenvalue weighted by atomic mass is 10.0. The van der Waals surface area contributed by atoms with E-state index < -0.39 is 0 Å². The number of anilines is 1. The number of benzene rings is 1. The van der Waals surface area contributed by atoms with E-state index in [1.807, 2.05) is 18.2 Å². The molecule has 0 spiro atoms. The first-order chi connectivity index (χ1) is 13.8. The molecule has 0 aliphatic carbocycles. The minimum absolute atomic E-state index is 0.677. The van der Waals surface area contributed by atoms with E-state index in [9.17, 15) is 0 Å². The van der Waals surface area contributed by atoms with Gasteiger partial charge in [-0.2, -0.15) is 5.10 Å². The lowest BCUT2D eigenvalue weighted by Gasteiger charge is -2.22. The Hall–Kier alpha value is -1.91. The summed E-state index contributed by atoms with van der Waals surface area (Å²) in [6, 6.07) is 5.89. The van der Waals surface area contributed by atoms with Gasteiger partial charge in [0.05, 0.1) is 19.9 Å². The molecule has 5 heteroatoms. The molecular formula is C23H39N3O2. The molecule has 1 aromatic carbocycles. The Kier molecular flexibility index (Phi) is 10.6. The topological polar surface area (TPSA) is 46.1 Å². The van der Waals surface area contributed by atoms with Crippen molar-refractivity contribution < 1.29 is 9.47 Å². The first kappa shape index (κ1) is 22.4. The molecule has 1 heterocycles. The zero-order chi connectivity index (χ0) is 20.0. The molecule has 1 aromatic rings. The number of nitrogens with one attached hydrogen (secondary N) is 1. The number of rotatable bonds is 15. The lowest BCUT2D eigenvalue weighted by molar-refractivity contribution is 0.403. The van der Waals surface area contributed by atoms with Gasteiger partial charge in [0, 0.05) is 12.5 Å². The van der Waals surface area contributed by atoms with Crippen LogP contribution in [0, 0.1) is 0 Å². The maximum atomic E-state index is 5.54. The van der Waals surface area contributed by atoms with Crippen LogP contribution in [0.15, 0.2) is 23.3 Å². The van der Waals surface area contributed by atoms with Crippen molar-refractivity contribution in [3.05, 3.63) is 18.2 Å². The number of amidine groups is 1. The molecule has 1 aliphatic rings. The second-order valence-corrected chi connectivity index (χ2v) is 7.60. The van der Waals surface area contributed by atoms with Crippen LogP contribution in [0.25, 0.3) is 0 Å². The fourth-order valence-corrected chi connectivity index (χ4v) is 3.72. The molecule has 0 aromatic heterocycles. The standard InChI is InChI=1S/C23H39N3O2/c1-4-5-6-7-8-9-10-11-12-13-14-15-23-25-24-19-26(23)21-18-20(27-2)16-17-22(21)28-3/h16-18,24H,4-15,19H2,1-3H3. The Labute approximate surface area is 171 Å². The summed E-state index contributed by atoms with van der Waals surface area (Å²) in [7, 11) is 3.39. The Morgan fingerprint density at radius 3 is 2.14 bits per heavy atom. The SMILES string of the molecule is CCCCCCCCCCCCCC1=NNCN1c1cc(OC)ccc1OC. The molecular weight excluding hydrogens is 350 g/mol. The molecule has 158 valence electrons. The average Bonchev–Trinajstić information content (AvgIpc) is 3.19. The van der Waals surface area contributed by atoms with Crippen LogP contribution in [0.5, 0.6) is 11.5 Å². The van der Waals surface area contributed by atoms with E-state index in [4.69, 9.17) is 9.47 Å². The fourth-order valence-electron chi connectivity index (χ4n) is 3.72. The summed E-state index contributed by atoms with van der Waals surface area (Å²) < 4.78 is 10.9. The summed E-state index contributed by atoms with van der Waals surface area (Å²) in [5.41, 5.74) is 4.12. The molecule has 0 atom stereocenters. The third-order valence-corrected chi connectivity index (χ3v) is 5.43. The van der Waals surface area contributed by atoms with Gasteiger partial charge in [-0.3, -0.25) is 5.43 Å². The van der Waals surface area contributed by atoms with E-state index in [0.29, 0.717) is 6.67 Å². The van der Waals surface area contributed by atoms with Crippen LogP contribution in [-0.4, -0.2) is 26.7 Å². The summed E-state index contributed by atoms with van der Waals surface area (Å²) in [5.74, 6) is 2.76. The van der Waals surface area contributed by atoms with E-state index >= 15 is 0 Å². The monoisotopic (exact) mass is 389 g/mol. The summed E-state index contributed by atoms with van der Waals surface area (Å²) in [6.07, 6.45) is 15.9. The van der Waals surface area contributed by atoms with Gasteiger partial charge in [-0.15, -0.1) is 0 Å². The Bertz CT molecular complexity index is 589. The molecule has 28 heavy (non-hydrogen) atoms. The maximum Gasteiger partial charge on any atom is 0.142 e. The Balaban J connectivity index is 1.66. The van der Waals surface area contributed by atoms with Crippen LogP contribution in [0.3, 0.4) is 0 Å². The van der Waals surface area contributed by atoms with Gasteiger partial charge in [0.2, 0.25) is 0 Å². The molecule has 0 saturated heterocycles. The lowest BCUT2D eigenvalue weighted by Crippen LogP contribution is -2.29. The molecule has 0 bridgehead atoms. The number of methoxy groups -OCH3 is 2. The average molecular weight is 390 g/mol. The van der Waals surface area contributed by atoms with E-state index in [1.165, 1.54) is 70.6 Å². The fraction of sp³-hybridized carbons (Fsp3) is 0.696. The van der Waals surface area contributed by atoms with Crippen molar-refractivity contribution in [3.63, 3.8) is 0 Å². The van der Waals surface area contributed by atoms with Gasteiger partial charge in [-0.05, 0) is 18.6 Å². The molecule has 1 N–H and O–H groups in total. The molecule has 2 rings (SSSR count). The summed E-state index contributed by atoms with van der Waals surface area (Å²) >= 11 is 0. The highest BCUT2D eigenvalue weighted by Gasteiger charge is 2.22. The van der Waals surface area contributed by atoms with Gasteiger partial charge >= 0.3 is 0 Å². The predicted octanol–water partition coefficient (Wildman–Crippen LogP) is 6.09. The van der Waals surface area contributed by atoms with Crippen LogP contribution in [0.2, 0.25) is 0 Å². The zero-order valence-corrected chi connectivity index (χ0v) is 18.1. The Morgan fingerprint density at radius 1 is 0.893 bits per heavy atom. The first-order valence-electron chi connectivity index (χ1n) is 11.1. The minimum atomic E-state index is 0.677. The highest BCUT2D eigenvalue weighted by molar-refractivity contribution is 6.00. The minimum Gasteiger partial charge on any atom is -0.497 e. The summed E-state index contributed by atoms with van der Waals surface area (Å²) in [5, 5.41) is 4.50. The van der Waals surface area contributed by atoms with Gasteiger partial charge in [0.1, 0.15) is 24.0 Å². The molecule has 0 amide bonds. The smallest absolute Gasteiger partial charge is 0.142 e. The van der Waals surface area contributed by atoms with Crippen LogP contribution < -0.4 is 19.8 Å². The maximum absolute atomic E-state index is 5.54. The molecule has 0 unspecified atom stereocenters. The number of hydrogen-bond donors (Lipinski definition) is 1. The number of nitrogens with zero attached hydrogens (tertiary/aromatic N) is 2. The van der Waals surface area contributed by atoms with Crippen molar-refractivity contribution >= 4 is 11.5 Å². The first-order valence-corrected chi connectivity index (χ1v) is 11.1. The van der Waals surface area contributed by atoms with Crippen LogP contribution >= 0.6 is 0 Å². The number of hydrogen-bond acceptors (Lipinski definition) is 5. The number of hydrazone groups is 1. The number of ether oxygens (including phenoxy) is 2. The largest absolute Gasteiger partial charge is 0.497 e. The van der Waals surface area contributed by atoms with E-state index in [-0.39, 0.29) is 0 Å². The third kappa shape index (κ3) is 7.25. The second kappa shape index (κ2) is 13.3. The second-order valence-electron chi connectivity index (χ2n) is 7.60. The van der Waals surface area contributed by atoms with E-state index in [2.05, 4.69) is 22.4 Å². The van der Waals surface area contributed by atoms with Crippen molar-refractivity contribution in [1.82, 2.24) is 5.43 Å². The quantitative estimate of drug-likeness (QED) is 0.369.